The van der Waals surface area contributed by atoms with Gasteiger partial charge in [-0.3, -0.25) is 9.59 Å². The molecule has 23 heavy (non-hydrogen) atoms. The number of carbonyl (C=O) groups is 2. The average Bonchev–Trinajstić information content (AvgIpc) is 2.58. The fourth-order valence-electron chi connectivity index (χ4n) is 2.36. The van der Waals surface area contributed by atoms with Crippen LogP contribution >= 0.6 is 0 Å². The van der Waals surface area contributed by atoms with Gasteiger partial charge in [0, 0.05) is 7.05 Å². The van der Waals surface area contributed by atoms with E-state index in [9.17, 15) is 9.59 Å². The molecule has 1 aliphatic heterocycles. The maximum absolute atomic E-state index is 12.5. The number of hydrogen-bond donors (Lipinski definition) is 1. The topological polar surface area (TPSA) is 82.4 Å². The molecule has 1 N–H and O–H groups in total. The van der Waals surface area contributed by atoms with Crippen molar-refractivity contribution in [3.8, 4) is 11.8 Å². The predicted octanol–water partition coefficient (Wildman–Crippen LogP) is 2.17. The van der Waals surface area contributed by atoms with E-state index < -0.39 is 5.91 Å². The van der Waals surface area contributed by atoms with Gasteiger partial charge in [0.15, 0.2) is 12.4 Å². The Balaban J connectivity index is 1.95. The fourth-order valence-corrected chi connectivity index (χ4v) is 2.36. The van der Waals surface area contributed by atoms with Gasteiger partial charge in [0.1, 0.15) is 6.07 Å². The van der Waals surface area contributed by atoms with E-state index in [1.54, 1.807) is 49.5 Å². The lowest BCUT2D eigenvalue weighted by molar-refractivity contribution is -0.121. The molecule has 0 bridgehead atoms. The number of rotatable bonds is 2. The smallest absolute Gasteiger partial charge is 0.264 e. The minimum atomic E-state index is -0.396. The van der Waals surface area contributed by atoms with Crippen LogP contribution in [0.4, 0.5) is 11.4 Å². The second kappa shape index (κ2) is 5.81. The Kier molecular flexibility index (Phi) is 3.69. The zero-order chi connectivity index (χ0) is 16.4. The van der Waals surface area contributed by atoms with Gasteiger partial charge < -0.3 is 15.0 Å². The van der Waals surface area contributed by atoms with Gasteiger partial charge in [0.2, 0.25) is 0 Å². The summed E-state index contributed by atoms with van der Waals surface area (Å²) in [6.45, 7) is -0.109. The van der Waals surface area contributed by atoms with Crippen LogP contribution in [-0.2, 0) is 4.79 Å². The molecule has 6 heteroatoms. The monoisotopic (exact) mass is 307 g/mol. The summed E-state index contributed by atoms with van der Waals surface area (Å²) >= 11 is 0. The van der Waals surface area contributed by atoms with Crippen LogP contribution in [0.25, 0.3) is 0 Å². The molecule has 1 aliphatic rings. The highest BCUT2D eigenvalue weighted by molar-refractivity contribution is 6.09. The molecule has 0 fully saturated rings. The maximum atomic E-state index is 12.5. The van der Waals surface area contributed by atoms with Crippen molar-refractivity contribution in [2.45, 2.75) is 0 Å². The van der Waals surface area contributed by atoms with E-state index in [0.29, 0.717) is 28.3 Å². The molecule has 3 rings (SSSR count). The van der Waals surface area contributed by atoms with Crippen molar-refractivity contribution >= 4 is 23.2 Å². The number of ether oxygens (including phenoxy) is 1. The molecule has 0 spiro atoms. The third-order valence-corrected chi connectivity index (χ3v) is 3.61. The van der Waals surface area contributed by atoms with E-state index in [0.717, 1.165) is 0 Å². The van der Waals surface area contributed by atoms with E-state index in [2.05, 4.69) is 5.32 Å². The lowest BCUT2D eigenvalue weighted by Crippen LogP contribution is -2.36. The van der Waals surface area contributed by atoms with Crippen molar-refractivity contribution in [1.82, 2.24) is 0 Å². The van der Waals surface area contributed by atoms with E-state index >= 15 is 0 Å². The van der Waals surface area contributed by atoms with Crippen LogP contribution in [0.15, 0.2) is 42.5 Å². The minimum absolute atomic E-state index is 0.109. The Labute approximate surface area is 132 Å². The van der Waals surface area contributed by atoms with Crippen LogP contribution in [0.1, 0.15) is 15.9 Å². The van der Waals surface area contributed by atoms with Crippen LogP contribution in [0, 0.1) is 11.3 Å². The molecule has 0 unspecified atom stereocenters. The van der Waals surface area contributed by atoms with Crippen LogP contribution in [0.2, 0.25) is 0 Å². The molecule has 0 saturated carbocycles. The molecule has 0 atom stereocenters. The number of likely N-dealkylation sites (N-methyl/N-ethyl adjacent to an activating group) is 1. The van der Waals surface area contributed by atoms with Crippen molar-refractivity contribution in [3.63, 3.8) is 0 Å². The Hall–Kier alpha value is -3.33. The normalized spacial score (nSPS) is 12.9. The number of nitrogens with zero attached hydrogens (tertiary/aromatic N) is 2. The van der Waals surface area contributed by atoms with Crippen LogP contribution in [0.3, 0.4) is 0 Å². The largest absolute Gasteiger partial charge is 0.481 e. The van der Waals surface area contributed by atoms with Gasteiger partial charge >= 0.3 is 0 Å². The molecule has 0 radical (unpaired) electrons. The first kappa shape index (κ1) is 14.6. The van der Waals surface area contributed by atoms with Crippen molar-refractivity contribution in [2.75, 3.05) is 23.9 Å². The molecule has 0 saturated heterocycles. The number of fused-ring (bicyclic) bond motifs is 1. The SMILES string of the molecule is CN1C(=O)COc2c(C(=O)Nc3ccccc3C#N)cccc21. The number of nitrogens with one attached hydrogen (secondary N) is 1. The third kappa shape index (κ3) is 2.60. The molecular weight excluding hydrogens is 294 g/mol. The van der Waals surface area contributed by atoms with Gasteiger partial charge in [-0.15, -0.1) is 0 Å². The lowest BCUT2D eigenvalue weighted by atomic mass is 10.1. The first-order valence-corrected chi connectivity index (χ1v) is 6.94. The molecule has 0 aliphatic carbocycles. The Morgan fingerprint density at radius 1 is 1.26 bits per heavy atom. The molecule has 6 nitrogen and oxygen atoms in total. The first-order valence-electron chi connectivity index (χ1n) is 6.94. The van der Waals surface area contributed by atoms with Gasteiger partial charge in [-0.2, -0.15) is 5.26 Å². The van der Waals surface area contributed by atoms with Crippen LogP contribution in [-0.4, -0.2) is 25.5 Å². The van der Waals surface area contributed by atoms with Gasteiger partial charge in [-0.05, 0) is 24.3 Å². The number of anilines is 2. The van der Waals surface area contributed by atoms with E-state index in [-0.39, 0.29) is 12.5 Å². The van der Waals surface area contributed by atoms with E-state index in [4.69, 9.17) is 10.00 Å². The minimum Gasteiger partial charge on any atom is -0.481 e. The van der Waals surface area contributed by atoms with Crippen molar-refractivity contribution in [1.29, 1.82) is 5.26 Å². The number of para-hydroxylation sites is 2. The zero-order valence-electron chi connectivity index (χ0n) is 12.4. The van der Waals surface area contributed by atoms with E-state index in [1.807, 2.05) is 6.07 Å². The molecule has 2 aromatic carbocycles. The summed E-state index contributed by atoms with van der Waals surface area (Å²) in [5.74, 6) is -0.210. The number of carbonyl (C=O) groups excluding carboxylic acids is 2. The standard InChI is InChI=1S/C17H13N3O3/c1-20-14-8-4-6-12(16(14)23-10-15(20)21)17(22)19-13-7-3-2-5-11(13)9-18/h2-8H,10H2,1H3,(H,19,22). The van der Waals surface area contributed by atoms with E-state index in [1.165, 1.54) is 4.90 Å². The summed E-state index contributed by atoms with van der Waals surface area (Å²) in [5.41, 5.74) is 1.66. The molecule has 114 valence electrons. The molecule has 1 heterocycles. The van der Waals surface area contributed by atoms with Crippen molar-refractivity contribution in [2.24, 2.45) is 0 Å². The lowest BCUT2D eigenvalue weighted by Gasteiger charge is -2.27. The summed E-state index contributed by atoms with van der Waals surface area (Å²) in [5, 5.41) is 11.8. The average molecular weight is 307 g/mol. The summed E-state index contributed by atoms with van der Waals surface area (Å²) in [4.78, 5) is 25.7. The number of nitriles is 1. The fraction of sp³-hybridized carbons (Fsp3) is 0.118. The van der Waals surface area contributed by atoms with Gasteiger partial charge in [-0.1, -0.05) is 18.2 Å². The first-order chi connectivity index (χ1) is 11.1. The predicted molar refractivity (Wildman–Crippen MR) is 84.5 cm³/mol. The second-order valence-corrected chi connectivity index (χ2v) is 5.01. The summed E-state index contributed by atoms with van der Waals surface area (Å²) < 4.78 is 5.44. The Bertz CT molecular complexity index is 839. The number of benzene rings is 2. The Morgan fingerprint density at radius 2 is 2.04 bits per heavy atom. The van der Waals surface area contributed by atoms with Crippen molar-refractivity contribution < 1.29 is 14.3 Å². The number of hydrogen-bond acceptors (Lipinski definition) is 4. The molecule has 2 aromatic rings. The highest BCUT2D eigenvalue weighted by Crippen LogP contribution is 2.35. The summed E-state index contributed by atoms with van der Waals surface area (Å²) in [6, 6.07) is 13.8. The quantitative estimate of drug-likeness (QED) is 0.921. The Morgan fingerprint density at radius 3 is 2.83 bits per heavy atom. The van der Waals surface area contributed by atoms with Gasteiger partial charge in [0.25, 0.3) is 11.8 Å². The highest BCUT2D eigenvalue weighted by Gasteiger charge is 2.26. The highest BCUT2D eigenvalue weighted by atomic mass is 16.5. The van der Waals surface area contributed by atoms with Crippen molar-refractivity contribution in [3.05, 3.63) is 53.6 Å². The molecular formula is C17H13N3O3. The second-order valence-electron chi connectivity index (χ2n) is 5.01. The molecule has 2 amide bonds. The van der Waals surface area contributed by atoms with Gasteiger partial charge in [0.05, 0.1) is 22.5 Å². The van der Waals surface area contributed by atoms with Crippen LogP contribution in [0.5, 0.6) is 5.75 Å². The maximum Gasteiger partial charge on any atom is 0.264 e. The van der Waals surface area contributed by atoms with Gasteiger partial charge in [-0.25, -0.2) is 0 Å². The molecule has 0 aromatic heterocycles. The number of amides is 2. The third-order valence-electron chi connectivity index (χ3n) is 3.61. The zero-order valence-corrected chi connectivity index (χ0v) is 12.4. The summed E-state index contributed by atoms with van der Waals surface area (Å²) in [6.07, 6.45) is 0. The van der Waals surface area contributed by atoms with Crippen LogP contribution < -0.4 is 15.0 Å². The summed E-state index contributed by atoms with van der Waals surface area (Å²) in [7, 11) is 1.64.